The van der Waals surface area contributed by atoms with Gasteiger partial charge >= 0.3 is 0 Å². The Morgan fingerprint density at radius 3 is 2.57 bits per heavy atom. The molecule has 0 saturated carbocycles. The van der Waals surface area contributed by atoms with Crippen LogP contribution in [0.15, 0.2) is 35.7 Å². The van der Waals surface area contributed by atoms with E-state index in [1.807, 2.05) is 29.5 Å². The highest BCUT2D eigenvalue weighted by molar-refractivity contribution is 7.26. The Kier molecular flexibility index (Phi) is 4.87. The smallest absolute Gasteiger partial charge is 0.0457 e. The number of benzene rings is 1. The van der Waals surface area contributed by atoms with Gasteiger partial charge in [-0.1, -0.05) is 36.2 Å². The highest BCUT2D eigenvalue weighted by Gasteiger charge is 2.18. The van der Waals surface area contributed by atoms with Gasteiger partial charge in [0.05, 0.1) is 0 Å². The van der Waals surface area contributed by atoms with Crippen molar-refractivity contribution in [2.75, 3.05) is 6.54 Å². The minimum Gasteiger partial charge on any atom is -0.309 e. The van der Waals surface area contributed by atoms with Gasteiger partial charge in [0.15, 0.2) is 0 Å². The first-order valence-electron chi connectivity index (χ1n) is 6.82. The predicted octanol–water partition coefficient (Wildman–Crippen LogP) is 6.16. The van der Waals surface area contributed by atoms with Gasteiger partial charge in [0, 0.05) is 30.4 Å². The Labute approximate surface area is 142 Å². The molecule has 21 heavy (non-hydrogen) atoms. The van der Waals surface area contributed by atoms with E-state index in [2.05, 4.69) is 29.8 Å². The van der Waals surface area contributed by atoms with Crippen molar-refractivity contribution in [2.45, 2.75) is 19.4 Å². The molecule has 1 nitrogen and oxygen atoms in total. The summed E-state index contributed by atoms with van der Waals surface area (Å²) in [4.78, 5) is 1.34. The van der Waals surface area contributed by atoms with E-state index in [4.69, 9.17) is 23.2 Å². The Hall–Kier alpha value is -0.580. The molecule has 1 N–H and O–H groups in total. The summed E-state index contributed by atoms with van der Waals surface area (Å²) in [5, 5.41) is 7.17. The molecule has 3 aromatic rings. The third kappa shape index (κ3) is 3.27. The van der Waals surface area contributed by atoms with Crippen LogP contribution in [0.5, 0.6) is 0 Å². The molecule has 0 radical (unpaired) electrons. The van der Waals surface area contributed by atoms with Crippen LogP contribution in [0.1, 0.15) is 23.4 Å². The summed E-state index contributed by atoms with van der Waals surface area (Å²) in [6.45, 7) is 3.04. The van der Waals surface area contributed by atoms with Gasteiger partial charge in [-0.3, -0.25) is 0 Å². The Morgan fingerprint density at radius 1 is 1.14 bits per heavy atom. The quantitative estimate of drug-likeness (QED) is 0.577. The van der Waals surface area contributed by atoms with E-state index in [-0.39, 0.29) is 6.04 Å². The predicted molar refractivity (Wildman–Crippen MR) is 96.3 cm³/mol. The number of rotatable bonds is 5. The largest absolute Gasteiger partial charge is 0.309 e. The Morgan fingerprint density at radius 2 is 1.90 bits per heavy atom. The molecule has 0 amide bonds. The topological polar surface area (TPSA) is 12.0 Å². The van der Waals surface area contributed by atoms with Crippen molar-refractivity contribution in [2.24, 2.45) is 0 Å². The number of hydrogen-bond donors (Lipinski definition) is 1. The molecule has 5 heteroatoms. The first-order valence-corrected chi connectivity index (χ1v) is 9.27. The number of nitrogens with one attached hydrogen (secondary N) is 1. The lowest BCUT2D eigenvalue weighted by atomic mass is 10.0. The number of hydrogen-bond acceptors (Lipinski definition) is 3. The van der Waals surface area contributed by atoms with Crippen molar-refractivity contribution in [3.63, 3.8) is 0 Å². The summed E-state index contributed by atoms with van der Waals surface area (Å²) in [5.41, 5.74) is 1.02. The zero-order valence-corrected chi connectivity index (χ0v) is 14.7. The maximum atomic E-state index is 6.31. The summed E-state index contributed by atoms with van der Waals surface area (Å²) in [6, 6.07) is 10.4. The third-order valence-electron chi connectivity index (χ3n) is 3.42. The fraction of sp³-hybridized carbons (Fsp3) is 0.250. The lowest BCUT2D eigenvalue weighted by Gasteiger charge is -2.18. The summed E-state index contributed by atoms with van der Waals surface area (Å²) < 4.78 is 2.70. The van der Waals surface area contributed by atoms with Gasteiger partial charge in [-0.05, 0) is 48.2 Å². The average molecular weight is 356 g/mol. The molecule has 1 aromatic carbocycles. The first kappa shape index (κ1) is 15.3. The molecule has 0 aliphatic carbocycles. The Bertz CT molecular complexity index is 699. The monoisotopic (exact) mass is 355 g/mol. The molecule has 0 aliphatic heterocycles. The fourth-order valence-electron chi connectivity index (χ4n) is 2.41. The van der Waals surface area contributed by atoms with E-state index in [0.717, 1.165) is 28.6 Å². The Balaban J connectivity index is 1.93. The molecule has 0 bridgehead atoms. The summed E-state index contributed by atoms with van der Waals surface area (Å²) >= 11 is 16.3. The molecule has 110 valence electrons. The van der Waals surface area contributed by atoms with Gasteiger partial charge < -0.3 is 5.32 Å². The highest BCUT2D eigenvalue weighted by Crippen LogP contribution is 2.36. The van der Waals surface area contributed by atoms with E-state index >= 15 is 0 Å². The molecule has 3 rings (SSSR count). The van der Waals surface area contributed by atoms with Crippen LogP contribution in [0, 0.1) is 0 Å². The molecule has 1 atom stereocenters. The van der Waals surface area contributed by atoms with Crippen molar-refractivity contribution >= 4 is 55.3 Å². The van der Waals surface area contributed by atoms with Crippen LogP contribution in [-0.2, 0) is 6.42 Å². The number of likely N-dealkylation sites (N-methyl/N-ethyl adjacent to an activating group) is 1. The van der Waals surface area contributed by atoms with Crippen LogP contribution >= 0.6 is 45.9 Å². The summed E-state index contributed by atoms with van der Waals surface area (Å²) in [7, 11) is 0. The average Bonchev–Trinajstić information content (AvgIpc) is 3.03. The van der Waals surface area contributed by atoms with Crippen molar-refractivity contribution in [3.05, 3.63) is 56.2 Å². The minimum absolute atomic E-state index is 0.247. The minimum atomic E-state index is 0.247. The fourth-order valence-corrected chi connectivity index (χ4v) is 5.15. The van der Waals surface area contributed by atoms with Gasteiger partial charge in [-0.15, -0.1) is 22.7 Å². The summed E-state index contributed by atoms with van der Waals surface area (Å²) in [5.74, 6) is 0. The van der Waals surface area contributed by atoms with Crippen molar-refractivity contribution < 1.29 is 0 Å². The molecular formula is C16H15Cl2NS2. The lowest BCUT2D eigenvalue weighted by molar-refractivity contribution is 0.558. The lowest BCUT2D eigenvalue weighted by Crippen LogP contribution is -2.22. The van der Waals surface area contributed by atoms with E-state index in [1.165, 1.54) is 14.3 Å². The van der Waals surface area contributed by atoms with Crippen molar-refractivity contribution in [1.29, 1.82) is 0 Å². The normalized spacial score (nSPS) is 12.9. The summed E-state index contributed by atoms with van der Waals surface area (Å²) in [6.07, 6.45) is 0.806. The number of thiophene rings is 2. The second kappa shape index (κ2) is 6.67. The maximum Gasteiger partial charge on any atom is 0.0457 e. The van der Waals surface area contributed by atoms with Gasteiger partial charge in [0.1, 0.15) is 0 Å². The van der Waals surface area contributed by atoms with Crippen LogP contribution in [0.3, 0.4) is 0 Å². The third-order valence-corrected chi connectivity index (χ3v) is 6.34. The standard InChI is InChI=1S/C16H15Cl2NS2/c1-2-19-13(8-10-11(17)4-3-5-12(10)18)15-9-16-14(21-15)6-7-20-16/h3-7,9,13,19H,2,8H2,1H3. The van der Waals surface area contributed by atoms with E-state index in [9.17, 15) is 0 Å². The van der Waals surface area contributed by atoms with Gasteiger partial charge in [-0.2, -0.15) is 0 Å². The number of halogens is 2. The van der Waals surface area contributed by atoms with Gasteiger partial charge in [0.25, 0.3) is 0 Å². The van der Waals surface area contributed by atoms with Crippen molar-refractivity contribution in [3.8, 4) is 0 Å². The second-order valence-electron chi connectivity index (χ2n) is 4.81. The molecule has 0 saturated heterocycles. The molecular weight excluding hydrogens is 341 g/mol. The molecule has 0 fully saturated rings. The molecule has 2 aromatic heterocycles. The number of fused-ring (bicyclic) bond motifs is 1. The van der Waals surface area contributed by atoms with Crippen LogP contribution in [-0.4, -0.2) is 6.54 Å². The molecule has 2 heterocycles. The van der Waals surface area contributed by atoms with Crippen LogP contribution < -0.4 is 5.32 Å². The van der Waals surface area contributed by atoms with Gasteiger partial charge in [-0.25, -0.2) is 0 Å². The van der Waals surface area contributed by atoms with Gasteiger partial charge in [0.2, 0.25) is 0 Å². The zero-order chi connectivity index (χ0) is 14.8. The van der Waals surface area contributed by atoms with E-state index in [1.54, 1.807) is 11.3 Å². The zero-order valence-electron chi connectivity index (χ0n) is 11.5. The van der Waals surface area contributed by atoms with Crippen LogP contribution in [0.2, 0.25) is 10.0 Å². The molecule has 1 unspecified atom stereocenters. The molecule has 0 spiro atoms. The SMILES string of the molecule is CCNC(Cc1c(Cl)cccc1Cl)c1cc2sccc2s1. The highest BCUT2D eigenvalue weighted by atomic mass is 35.5. The maximum absolute atomic E-state index is 6.31. The second-order valence-corrected chi connectivity index (χ2v) is 7.69. The molecule has 0 aliphatic rings. The van der Waals surface area contributed by atoms with Crippen LogP contribution in [0.25, 0.3) is 9.40 Å². The van der Waals surface area contributed by atoms with Crippen molar-refractivity contribution in [1.82, 2.24) is 5.32 Å². The van der Waals surface area contributed by atoms with E-state index in [0.29, 0.717) is 0 Å². The van der Waals surface area contributed by atoms with Crippen LogP contribution in [0.4, 0.5) is 0 Å². The first-order chi connectivity index (χ1) is 10.2. The van der Waals surface area contributed by atoms with E-state index < -0.39 is 0 Å².